The molecule has 0 aliphatic rings. The second-order valence-electron chi connectivity index (χ2n) is 7.27. The van der Waals surface area contributed by atoms with E-state index in [4.69, 9.17) is 4.74 Å². The molecule has 0 fully saturated rings. The van der Waals surface area contributed by atoms with Gasteiger partial charge in [0.15, 0.2) is 0 Å². The number of amides is 1. The topological polar surface area (TPSA) is 84.7 Å². The van der Waals surface area contributed by atoms with Gasteiger partial charge in [-0.3, -0.25) is 19.2 Å². The molecule has 0 bridgehead atoms. The lowest BCUT2D eigenvalue weighted by atomic mass is 10.1. The van der Waals surface area contributed by atoms with Crippen LogP contribution in [0.15, 0.2) is 71.6 Å². The average molecular weight is 452 g/mol. The van der Waals surface area contributed by atoms with E-state index < -0.39 is 4.92 Å². The summed E-state index contributed by atoms with van der Waals surface area (Å²) in [6.45, 7) is 3.99. The van der Waals surface area contributed by atoms with Gasteiger partial charge in [0.25, 0.3) is 5.69 Å². The summed E-state index contributed by atoms with van der Waals surface area (Å²) in [4.78, 5) is 25.0. The normalized spacial score (nSPS) is 10.5. The average Bonchev–Trinajstić information content (AvgIpc) is 2.78. The molecule has 32 heavy (non-hydrogen) atoms. The van der Waals surface area contributed by atoms with Crippen LogP contribution in [0.25, 0.3) is 0 Å². The molecule has 1 amide bonds. The van der Waals surface area contributed by atoms with Crippen LogP contribution in [0.4, 0.5) is 11.4 Å². The van der Waals surface area contributed by atoms with Crippen LogP contribution >= 0.6 is 11.9 Å². The number of rotatable bonds is 9. The third-order valence-electron chi connectivity index (χ3n) is 4.84. The van der Waals surface area contributed by atoms with E-state index in [1.807, 2.05) is 55.5 Å². The molecule has 0 unspecified atom stereocenters. The SMILES string of the molecule is COc1ccc(CNC(=O)CN(Sc2ccc(C)cc2)c2cccc(C)c2[N+](=O)[O-])cc1. The standard InChI is InChI=1S/C24H25N3O4S/c1-17-7-13-21(14-8-17)32-26(22-6-4-5-18(2)24(22)27(29)30)16-23(28)25-15-19-9-11-20(31-3)12-10-19/h4-14H,15-16H2,1-3H3,(H,25,28). The molecule has 8 heteroatoms. The van der Waals surface area contributed by atoms with Gasteiger partial charge in [0.05, 0.1) is 12.0 Å². The number of para-hydroxylation sites is 1. The van der Waals surface area contributed by atoms with Gasteiger partial charge in [-0.2, -0.15) is 0 Å². The zero-order valence-corrected chi connectivity index (χ0v) is 19.0. The van der Waals surface area contributed by atoms with Crippen LogP contribution in [-0.2, 0) is 11.3 Å². The van der Waals surface area contributed by atoms with Crippen molar-refractivity contribution in [2.45, 2.75) is 25.3 Å². The number of nitro groups is 1. The van der Waals surface area contributed by atoms with Crippen LogP contribution in [-0.4, -0.2) is 24.5 Å². The molecule has 7 nitrogen and oxygen atoms in total. The van der Waals surface area contributed by atoms with Crippen molar-refractivity contribution in [2.75, 3.05) is 18.0 Å². The van der Waals surface area contributed by atoms with E-state index in [0.29, 0.717) is 17.8 Å². The van der Waals surface area contributed by atoms with E-state index >= 15 is 0 Å². The van der Waals surface area contributed by atoms with Crippen molar-refractivity contribution < 1.29 is 14.5 Å². The fraction of sp³-hybridized carbons (Fsp3) is 0.208. The van der Waals surface area contributed by atoms with Gasteiger partial charge in [-0.15, -0.1) is 0 Å². The Morgan fingerprint density at radius 2 is 1.75 bits per heavy atom. The minimum atomic E-state index is -0.400. The van der Waals surface area contributed by atoms with Crippen LogP contribution in [0.1, 0.15) is 16.7 Å². The zero-order chi connectivity index (χ0) is 23.1. The number of ether oxygens (including phenoxy) is 1. The van der Waals surface area contributed by atoms with Crippen molar-refractivity contribution in [3.8, 4) is 5.75 Å². The number of aryl methyl sites for hydroxylation is 2. The smallest absolute Gasteiger partial charge is 0.296 e. The largest absolute Gasteiger partial charge is 0.497 e. The highest BCUT2D eigenvalue weighted by atomic mass is 32.2. The summed E-state index contributed by atoms with van der Waals surface area (Å²) in [5.74, 6) is 0.503. The van der Waals surface area contributed by atoms with Gasteiger partial charge >= 0.3 is 0 Å². The van der Waals surface area contributed by atoms with E-state index in [1.165, 1.54) is 11.9 Å². The lowest BCUT2D eigenvalue weighted by Gasteiger charge is -2.23. The van der Waals surface area contributed by atoms with Crippen molar-refractivity contribution in [2.24, 2.45) is 0 Å². The van der Waals surface area contributed by atoms with E-state index in [9.17, 15) is 14.9 Å². The number of carbonyl (C=O) groups is 1. The highest BCUT2D eigenvalue weighted by molar-refractivity contribution is 8.00. The van der Waals surface area contributed by atoms with Crippen molar-refractivity contribution in [3.05, 3.63) is 93.5 Å². The minimum Gasteiger partial charge on any atom is -0.497 e. The molecule has 3 rings (SSSR count). The minimum absolute atomic E-state index is 0.00457. The molecular weight excluding hydrogens is 426 g/mol. The Hall–Kier alpha value is -3.52. The first-order valence-electron chi connectivity index (χ1n) is 10.0. The summed E-state index contributed by atoms with van der Waals surface area (Å²) >= 11 is 1.30. The van der Waals surface area contributed by atoms with E-state index in [1.54, 1.807) is 36.5 Å². The van der Waals surface area contributed by atoms with Gasteiger partial charge in [0.2, 0.25) is 5.91 Å². The quantitative estimate of drug-likeness (QED) is 0.278. The van der Waals surface area contributed by atoms with Gasteiger partial charge in [-0.05, 0) is 61.7 Å². The lowest BCUT2D eigenvalue weighted by Crippen LogP contribution is -2.34. The number of nitrogens with one attached hydrogen (secondary N) is 1. The number of hydrogen-bond donors (Lipinski definition) is 1. The Bertz CT molecular complexity index is 1090. The molecule has 3 aromatic rings. The molecule has 0 aliphatic heterocycles. The number of anilines is 1. The van der Waals surface area contributed by atoms with Crippen molar-refractivity contribution >= 4 is 29.2 Å². The summed E-state index contributed by atoms with van der Waals surface area (Å²) in [6.07, 6.45) is 0. The summed E-state index contributed by atoms with van der Waals surface area (Å²) < 4.78 is 6.81. The summed E-state index contributed by atoms with van der Waals surface area (Å²) in [7, 11) is 1.60. The molecule has 0 aromatic heterocycles. The molecule has 166 valence electrons. The Kier molecular flexibility index (Phi) is 7.72. The van der Waals surface area contributed by atoms with Gasteiger partial charge in [0, 0.05) is 17.0 Å². The monoisotopic (exact) mass is 451 g/mol. The van der Waals surface area contributed by atoms with E-state index in [0.717, 1.165) is 21.8 Å². The number of benzene rings is 3. The van der Waals surface area contributed by atoms with Crippen LogP contribution in [0.3, 0.4) is 0 Å². The third kappa shape index (κ3) is 6.01. The van der Waals surface area contributed by atoms with E-state index in [2.05, 4.69) is 5.32 Å². The Morgan fingerprint density at radius 1 is 1.06 bits per heavy atom. The first kappa shape index (κ1) is 23.1. The number of nitrogens with zero attached hydrogens (tertiary/aromatic N) is 2. The molecule has 0 heterocycles. The Morgan fingerprint density at radius 3 is 2.38 bits per heavy atom. The predicted molar refractivity (Wildman–Crippen MR) is 127 cm³/mol. The Balaban J connectivity index is 1.80. The van der Waals surface area contributed by atoms with Crippen molar-refractivity contribution in [3.63, 3.8) is 0 Å². The second kappa shape index (κ2) is 10.7. The third-order valence-corrected chi connectivity index (χ3v) is 5.87. The van der Waals surface area contributed by atoms with Crippen LogP contribution < -0.4 is 14.4 Å². The number of hydrogen-bond acceptors (Lipinski definition) is 6. The van der Waals surface area contributed by atoms with Crippen molar-refractivity contribution in [1.29, 1.82) is 0 Å². The highest BCUT2D eigenvalue weighted by Gasteiger charge is 2.24. The summed E-state index contributed by atoms with van der Waals surface area (Å²) in [6, 6.07) is 20.3. The highest BCUT2D eigenvalue weighted by Crippen LogP contribution is 2.37. The van der Waals surface area contributed by atoms with Gasteiger partial charge in [0.1, 0.15) is 18.0 Å². The van der Waals surface area contributed by atoms with Crippen LogP contribution in [0.2, 0.25) is 0 Å². The van der Waals surface area contributed by atoms with Gasteiger partial charge in [-0.25, -0.2) is 0 Å². The molecular formula is C24H25N3O4S. The molecule has 1 N–H and O–H groups in total. The molecule has 0 aliphatic carbocycles. The van der Waals surface area contributed by atoms with E-state index in [-0.39, 0.29) is 18.1 Å². The fourth-order valence-electron chi connectivity index (χ4n) is 3.11. The molecule has 0 saturated carbocycles. The molecule has 0 saturated heterocycles. The predicted octanol–water partition coefficient (Wildman–Crippen LogP) is 5.05. The zero-order valence-electron chi connectivity index (χ0n) is 18.2. The first-order chi connectivity index (χ1) is 15.4. The number of methoxy groups -OCH3 is 1. The first-order valence-corrected chi connectivity index (χ1v) is 10.8. The van der Waals surface area contributed by atoms with Gasteiger partial charge < -0.3 is 10.1 Å². The second-order valence-corrected chi connectivity index (χ2v) is 8.36. The fourth-order valence-corrected chi connectivity index (χ4v) is 4.05. The van der Waals surface area contributed by atoms with Gasteiger partial charge in [-0.1, -0.05) is 42.0 Å². The molecule has 0 atom stereocenters. The van der Waals surface area contributed by atoms with Crippen LogP contribution in [0.5, 0.6) is 5.75 Å². The van der Waals surface area contributed by atoms with Crippen LogP contribution in [0, 0.1) is 24.0 Å². The molecule has 3 aromatic carbocycles. The molecule has 0 radical (unpaired) electrons. The maximum atomic E-state index is 12.8. The summed E-state index contributed by atoms with van der Waals surface area (Å²) in [5, 5.41) is 14.6. The van der Waals surface area contributed by atoms with Crippen molar-refractivity contribution in [1.82, 2.24) is 5.32 Å². The maximum Gasteiger partial charge on any atom is 0.296 e. The molecule has 0 spiro atoms. The lowest BCUT2D eigenvalue weighted by molar-refractivity contribution is -0.384. The number of nitro benzene ring substituents is 1. The number of carbonyl (C=O) groups excluding carboxylic acids is 1. The Labute approximate surface area is 191 Å². The maximum absolute atomic E-state index is 12.8. The summed E-state index contributed by atoms with van der Waals surface area (Å²) in [5.41, 5.74) is 2.97.